The summed E-state index contributed by atoms with van der Waals surface area (Å²) in [5, 5.41) is 3.58. The van der Waals surface area contributed by atoms with Crippen molar-refractivity contribution in [3.05, 3.63) is 0 Å². The van der Waals surface area contributed by atoms with E-state index in [-0.39, 0.29) is 6.04 Å². The first-order chi connectivity index (χ1) is 6.09. The topological polar surface area (TPSA) is 41.3 Å². The molecule has 3 heteroatoms. The fourth-order valence-corrected chi connectivity index (χ4v) is 1.83. The summed E-state index contributed by atoms with van der Waals surface area (Å²) in [5.41, 5.74) is 5.81. The van der Waals surface area contributed by atoms with Crippen LogP contribution in [0.2, 0.25) is 0 Å². The molecule has 1 heterocycles. The Hall–Kier alpha value is -0.120. The molecule has 0 radical (unpaired) electrons. The van der Waals surface area contributed by atoms with Gasteiger partial charge in [-0.25, -0.2) is 0 Å². The molecular weight excluding hydrogens is 162 g/mol. The van der Waals surface area contributed by atoms with Gasteiger partial charge in [0.15, 0.2) is 0 Å². The van der Waals surface area contributed by atoms with Gasteiger partial charge in [-0.2, -0.15) is 0 Å². The Morgan fingerprint density at radius 1 is 1.46 bits per heavy atom. The third-order valence-corrected chi connectivity index (χ3v) is 2.91. The predicted molar refractivity (Wildman–Crippen MR) is 56.8 cm³/mol. The van der Waals surface area contributed by atoms with Crippen LogP contribution in [0, 0.1) is 0 Å². The molecule has 3 unspecified atom stereocenters. The summed E-state index contributed by atoms with van der Waals surface area (Å²) in [6.07, 6.45) is 2.60. The number of likely N-dealkylation sites (N-methyl/N-ethyl adjacent to an activating group) is 1. The van der Waals surface area contributed by atoms with E-state index in [0.717, 1.165) is 6.54 Å². The smallest absolute Gasteiger partial charge is 0.0198 e. The molecule has 78 valence electrons. The van der Waals surface area contributed by atoms with Crippen molar-refractivity contribution in [1.29, 1.82) is 0 Å². The molecule has 1 fully saturated rings. The molecule has 0 aliphatic carbocycles. The SMILES string of the molecule is CC(N)C(C)NC1CCCN(C)C1. The highest BCUT2D eigenvalue weighted by molar-refractivity contribution is 4.81. The Balaban J connectivity index is 2.27. The largest absolute Gasteiger partial charge is 0.327 e. The minimum atomic E-state index is 0.243. The van der Waals surface area contributed by atoms with Gasteiger partial charge in [-0.15, -0.1) is 0 Å². The molecule has 0 saturated carbocycles. The maximum atomic E-state index is 5.81. The highest BCUT2D eigenvalue weighted by Crippen LogP contribution is 2.08. The van der Waals surface area contributed by atoms with Crippen LogP contribution < -0.4 is 11.1 Å². The van der Waals surface area contributed by atoms with E-state index in [4.69, 9.17) is 5.73 Å². The summed E-state index contributed by atoms with van der Waals surface area (Å²) in [5.74, 6) is 0. The lowest BCUT2D eigenvalue weighted by molar-refractivity contribution is 0.214. The first kappa shape index (κ1) is 11.0. The van der Waals surface area contributed by atoms with Crippen LogP contribution in [0.5, 0.6) is 0 Å². The van der Waals surface area contributed by atoms with Crippen LogP contribution in [0.4, 0.5) is 0 Å². The normalized spacial score (nSPS) is 30.0. The molecule has 3 nitrogen and oxygen atoms in total. The number of hydrogen-bond acceptors (Lipinski definition) is 3. The lowest BCUT2D eigenvalue weighted by Gasteiger charge is -2.33. The average molecular weight is 185 g/mol. The third kappa shape index (κ3) is 3.63. The van der Waals surface area contributed by atoms with Crippen molar-refractivity contribution in [2.24, 2.45) is 5.73 Å². The second kappa shape index (κ2) is 4.94. The summed E-state index contributed by atoms with van der Waals surface area (Å²) in [6.45, 7) is 6.63. The maximum absolute atomic E-state index is 5.81. The molecule has 13 heavy (non-hydrogen) atoms. The minimum Gasteiger partial charge on any atom is -0.327 e. The second-order valence-corrected chi connectivity index (χ2v) is 4.42. The Bertz CT molecular complexity index is 147. The summed E-state index contributed by atoms with van der Waals surface area (Å²) in [4.78, 5) is 2.38. The lowest BCUT2D eigenvalue weighted by Crippen LogP contribution is -2.51. The van der Waals surface area contributed by atoms with E-state index in [2.05, 4.69) is 31.1 Å². The molecule has 1 aliphatic heterocycles. The minimum absolute atomic E-state index is 0.243. The average Bonchev–Trinajstić information content (AvgIpc) is 2.04. The fraction of sp³-hybridized carbons (Fsp3) is 1.00. The van der Waals surface area contributed by atoms with Gasteiger partial charge in [0.25, 0.3) is 0 Å². The van der Waals surface area contributed by atoms with E-state index in [9.17, 15) is 0 Å². The van der Waals surface area contributed by atoms with Crippen LogP contribution in [0.1, 0.15) is 26.7 Å². The second-order valence-electron chi connectivity index (χ2n) is 4.42. The molecule has 1 rings (SSSR count). The van der Waals surface area contributed by atoms with Crippen LogP contribution in [-0.2, 0) is 0 Å². The van der Waals surface area contributed by atoms with Crippen LogP contribution in [-0.4, -0.2) is 43.2 Å². The van der Waals surface area contributed by atoms with Crippen molar-refractivity contribution >= 4 is 0 Å². The molecule has 3 N–H and O–H groups in total. The standard InChI is InChI=1S/C10H23N3/c1-8(11)9(2)12-10-5-4-6-13(3)7-10/h8-10,12H,4-7,11H2,1-3H3. The van der Waals surface area contributed by atoms with Crippen LogP contribution >= 0.6 is 0 Å². The molecule has 0 bridgehead atoms. The summed E-state index contributed by atoms with van der Waals surface area (Å²) in [6, 6.07) is 1.31. The molecule has 3 atom stereocenters. The van der Waals surface area contributed by atoms with Crippen molar-refractivity contribution < 1.29 is 0 Å². The van der Waals surface area contributed by atoms with Gasteiger partial charge >= 0.3 is 0 Å². The number of rotatable bonds is 3. The van der Waals surface area contributed by atoms with E-state index in [1.54, 1.807) is 0 Å². The van der Waals surface area contributed by atoms with Crippen LogP contribution in [0.25, 0.3) is 0 Å². The molecule has 0 aromatic heterocycles. The number of likely N-dealkylation sites (tertiary alicyclic amines) is 1. The van der Waals surface area contributed by atoms with Gasteiger partial charge in [0.2, 0.25) is 0 Å². The van der Waals surface area contributed by atoms with E-state index >= 15 is 0 Å². The monoisotopic (exact) mass is 185 g/mol. The van der Waals surface area contributed by atoms with E-state index < -0.39 is 0 Å². The Morgan fingerprint density at radius 2 is 2.15 bits per heavy atom. The van der Waals surface area contributed by atoms with Crippen molar-refractivity contribution in [2.75, 3.05) is 20.1 Å². The summed E-state index contributed by atoms with van der Waals surface area (Å²) < 4.78 is 0. The molecule has 0 amide bonds. The third-order valence-electron chi connectivity index (χ3n) is 2.91. The first-order valence-electron chi connectivity index (χ1n) is 5.29. The van der Waals surface area contributed by atoms with Gasteiger partial charge in [-0.05, 0) is 40.3 Å². The van der Waals surface area contributed by atoms with Gasteiger partial charge in [-0.1, -0.05) is 0 Å². The summed E-state index contributed by atoms with van der Waals surface area (Å²) in [7, 11) is 2.18. The number of piperidine rings is 1. The summed E-state index contributed by atoms with van der Waals surface area (Å²) >= 11 is 0. The lowest BCUT2D eigenvalue weighted by atomic mass is 10.0. The molecular formula is C10H23N3. The number of nitrogens with one attached hydrogen (secondary N) is 1. The van der Waals surface area contributed by atoms with Gasteiger partial charge in [0.05, 0.1) is 0 Å². The fourth-order valence-electron chi connectivity index (χ4n) is 1.83. The highest BCUT2D eigenvalue weighted by atomic mass is 15.1. The quantitative estimate of drug-likeness (QED) is 0.669. The Kier molecular flexibility index (Phi) is 4.16. The van der Waals surface area contributed by atoms with E-state index in [0.29, 0.717) is 12.1 Å². The maximum Gasteiger partial charge on any atom is 0.0198 e. The highest BCUT2D eigenvalue weighted by Gasteiger charge is 2.19. The van der Waals surface area contributed by atoms with Crippen molar-refractivity contribution in [3.63, 3.8) is 0 Å². The van der Waals surface area contributed by atoms with Crippen molar-refractivity contribution in [1.82, 2.24) is 10.2 Å². The molecule has 1 saturated heterocycles. The van der Waals surface area contributed by atoms with Gasteiger partial charge < -0.3 is 16.0 Å². The van der Waals surface area contributed by atoms with Gasteiger partial charge in [0.1, 0.15) is 0 Å². The zero-order valence-corrected chi connectivity index (χ0v) is 9.09. The van der Waals surface area contributed by atoms with E-state index in [1.807, 2.05) is 0 Å². The van der Waals surface area contributed by atoms with Crippen LogP contribution in [0.15, 0.2) is 0 Å². The molecule has 0 spiro atoms. The molecule has 0 aromatic carbocycles. The van der Waals surface area contributed by atoms with Gasteiger partial charge in [0, 0.05) is 24.7 Å². The number of nitrogens with two attached hydrogens (primary N) is 1. The Morgan fingerprint density at radius 3 is 2.69 bits per heavy atom. The molecule has 1 aliphatic rings. The van der Waals surface area contributed by atoms with E-state index in [1.165, 1.54) is 19.4 Å². The van der Waals surface area contributed by atoms with Crippen molar-refractivity contribution in [2.45, 2.75) is 44.8 Å². The van der Waals surface area contributed by atoms with Crippen molar-refractivity contribution in [3.8, 4) is 0 Å². The zero-order valence-electron chi connectivity index (χ0n) is 9.09. The Labute approximate surface area is 81.7 Å². The molecule has 0 aromatic rings. The first-order valence-corrected chi connectivity index (χ1v) is 5.29. The number of nitrogens with zero attached hydrogens (tertiary/aromatic N) is 1. The predicted octanol–water partition coefficient (Wildman–Crippen LogP) is 0.406. The van der Waals surface area contributed by atoms with Crippen LogP contribution in [0.3, 0.4) is 0 Å². The number of hydrogen-bond donors (Lipinski definition) is 2. The zero-order chi connectivity index (χ0) is 9.84. The van der Waals surface area contributed by atoms with Gasteiger partial charge in [-0.3, -0.25) is 0 Å².